The summed E-state index contributed by atoms with van der Waals surface area (Å²) >= 11 is 0. The van der Waals surface area contributed by atoms with Crippen LogP contribution in [0.5, 0.6) is 0 Å². The predicted molar refractivity (Wildman–Crippen MR) is 76.6 cm³/mol. The molecule has 0 saturated heterocycles. The highest BCUT2D eigenvalue weighted by Gasteiger charge is 2.11. The van der Waals surface area contributed by atoms with Crippen LogP contribution in [0.15, 0.2) is 42.7 Å². The number of nitrogens with one attached hydrogen (secondary N) is 1. The van der Waals surface area contributed by atoms with Gasteiger partial charge in [0.2, 0.25) is 0 Å². The van der Waals surface area contributed by atoms with E-state index in [1.165, 1.54) is 0 Å². The van der Waals surface area contributed by atoms with Gasteiger partial charge in [0, 0.05) is 19.3 Å². The zero-order valence-corrected chi connectivity index (χ0v) is 11.7. The van der Waals surface area contributed by atoms with Crippen molar-refractivity contribution < 1.29 is 9.53 Å². The van der Waals surface area contributed by atoms with E-state index in [0.29, 0.717) is 18.7 Å². The average Bonchev–Trinajstić information content (AvgIpc) is 2.89. The molecular weight excluding hydrogens is 254 g/mol. The number of aromatic nitrogens is 2. The first-order chi connectivity index (χ1) is 9.69. The predicted octanol–water partition coefficient (Wildman–Crippen LogP) is 1.70. The van der Waals surface area contributed by atoms with E-state index in [-0.39, 0.29) is 11.9 Å². The Hall–Kier alpha value is -2.14. The molecule has 5 nitrogen and oxygen atoms in total. The van der Waals surface area contributed by atoms with Gasteiger partial charge in [-0.25, -0.2) is 0 Å². The van der Waals surface area contributed by atoms with Crippen LogP contribution in [0.1, 0.15) is 22.8 Å². The van der Waals surface area contributed by atoms with Crippen LogP contribution in [0.25, 0.3) is 0 Å². The van der Waals surface area contributed by atoms with Gasteiger partial charge in [-0.05, 0) is 12.5 Å². The molecule has 1 unspecified atom stereocenters. The smallest absolute Gasteiger partial charge is 0.254 e. The lowest BCUT2D eigenvalue weighted by atomic mass is 10.2. The molecule has 0 saturated carbocycles. The minimum absolute atomic E-state index is 0.0232. The molecule has 1 atom stereocenters. The SMILES string of the molecule is COCC(C)NC(=O)c1cnn(Cc2ccccc2)c1. The van der Waals surface area contributed by atoms with Gasteiger partial charge < -0.3 is 10.1 Å². The monoisotopic (exact) mass is 273 g/mol. The van der Waals surface area contributed by atoms with Crippen LogP contribution in [0.3, 0.4) is 0 Å². The molecule has 1 amide bonds. The van der Waals surface area contributed by atoms with Crippen molar-refractivity contribution in [3.8, 4) is 0 Å². The number of nitrogens with zero attached hydrogens (tertiary/aromatic N) is 2. The second kappa shape index (κ2) is 6.86. The molecule has 106 valence electrons. The maximum Gasteiger partial charge on any atom is 0.254 e. The Bertz CT molecular complexity index is 551. The molecule has 0 radical (unpaired) electrons. The van der Waals surface area contributed by atoms with E-state index in [9.17, 15) is 4.79 Å². The number of carbonyl (C=O) groups excluding carboxylic acids is 1. The second-order valence-electron chi connectivity index (χ2n) is 4.74. The summed E-state index contributed by atoms with van der Waals surface area (Å²) in [4.78, 5) is 12.0. The number of benzene rings is 1. The molecule has 0 aliphatic carbocycles. The molecule has 1 N–H and O–H groups in total. The summed E-state index contributed by atoms with van der Waals surface area (Å²) in [5.41, 5.74) is 1.71. The number of ether oxygens (including phenoxy) is 1. The first kappa shape index (κ1) is 14.3. The molecule has 0 fully saturated rings. The van der Waals surface area contributed by atoms with E-state index in [1.54, 1.807) is 24.2 Å². The molecule has 0 bridgehead atoms. The molecule has 1 aromatic carbocycles. The summed E-state index contributed by atoms with van der Waals surface area (Å²) in [7, 11) is 1.61. The number of amides is 1. The van der Waals surface area contributed by atoms with Crippen LogP contribution in [0.4, 0.5) is 0 Å². The highest BCUT2D eigenvalue weighted by molar-refractivity contribution is 5.93. The van der Waals surface area contributed by atoms with Crippen molar-refractivity contribution >= 4 is 5.91 Å². The van der Waals surface area contributed by atoms with Crippen molar-refractivity contribution in [1.29, 1.82) is 0 Å². The Morgan fingerprint density at radius 3 is 2.85 bits per heavy atom. The summed E-state index contributed by atoms with van der Waals surface area (Å²) in [6.45, 7) is 3.04. The number of rotatable bonds is 6. The summed E-state index contributed by atoms with van der Waals surface area (Å²) in [6, 6.07) is 9.98. The Morgan fingerprint density at radius 2 is 2.15 bits per heavy atom. The summed E-state index contributed by atoms with van der Waals surface area (Å²) < 4.78 is 6.74. The fourth-order valence-electron chi connectivity index (χ4n) is 1.94. The lowest BCUT2D eigenvalue weighted by molar-refractivity contribution is 0.0905. The van der Waals surface area contributed by atoms with Gasteiger partial charge in [-0.2, -0.15) is 5.10 Å². The summed E-state index contributed by atoms with van der Waals surface area (Å²) in [5.74, 6) is -0.131. The normalized spacial score (nSPS) is 12.1. The number of methoxy groups -OCH3 is 1. The van der Waals surface area contributed by atoms with E-state index in [1.807, 2.05) is 37.3 Å². The highest BCUT2D eigenvalue weighted by Crippen LogP contribution is 2.04. The topological polar surface area (TPSA) is 56.1 Å². The number of hydrogen-bond donors (Lipinski definition) is 1. The molecule has 0 aliphatic rings. The van der Waals surface area contributed by atoms with Crippen LogP contribution in [-0.2, 0) is 11.3 Å². The molecule has 2 aromatic rings. The third-order valence-corrected chi connectivity index (χ3v) is 2.88. The summed E-state index contributed by atoms with van der Waals surface area (Å²) in [6.07, 6.45) is 3.33. The van der Waals surface area contributed by atoms with Gasteiger partial charge in [0.15, 0.2) is 0 Å². The molecule has 2 rings (SSSR count). The quantitative estimate of drug-likeness (QED) is 0.871. The van der Waals surface area contributed by atoms with Crippen molar-refractivity contribution in [2.24, 2.45) is 0 Å². The number of carbonyl (C=O) groups is 1. The molecule has 0 aliphatic heterocycles. The molecule has 1 heterocycles. The van der Waals surface area contributed by atoms with Crippen molar-refractivity contribution in [1.82, 2.24) is 15.1 Å². The Labute approximate surface area is 118 Å². The molecule has 20 heavy (non-hydrogen) atoms. The van der Waals surface area contributed by atoms with Crippen molar-refractivity contribution in [3.05, 3.63) is 53.9 Å². The number of hydrogen-bond acceptors (Lipinski definition) is 3. The molecule has 5 heteroatoms. The first-order valence-electron chi connectivity index (χ1n) is 6.55. The van der Waals surface area contributed by atoms with Crippen LogP contribution in [0, 0.1) is 0 Å². The lowest BCUT2D eigenvalue weighted by Gasteiger charge is -2.11. The molecular formula is C15H19N3O2. The van der Waals surface area contributed by atoms with E-state index in [4.69, 9.17) is 4.74 Å². The zero-order valence-electron chi connectivity index (χ0n) is 11.7. The third-order valence-electron chi connectivity index (χ3n) is 2.88. The highest BCUT2D eigenvalue weighted by atomic mass is 16.5. The Morgan fingerprint density at radius 1 is 1.40 bits per heavy atom. The van der Waals surface area contributed by atoms with E-state index in [2.05, 4.69) is 10.4 Å². The van der Waals surface area contributed by atoms with Crippen LogP contribution in [0.2, 0.25) is 0 Å². The van der Waals surface area contributed by atoms with Crippen molar-refractivity contribution in [2.45, 2.75) is 19.5 Å². The van der Waals surface area contributed by atoms with Gasteiger partial charge in [-0.3, -0.25) is 9.48 Å². The maximum atomic E-state index is 12.0. The van der Waals surface area contributed by atoms with E-state index >= 15 is 0 Å². The zero-order chi connectivity index (χ0) is 14.4. The van der Waals surface area contributed by atoms with Crippen LogP contribution < -0.4 is 5.32 Å². The van der Waals surface area contributed by atoms with E-state index in [0.717, 1.165) is 5.56 Å². The van der Waals surface area contributed by atoms with Gasteiger partial charge in [0.05, 0.1) is 24.9 Å². The van der Waals surface area contributed by atoms with Gasteiger partial charge in [0.25, 0.3) is 5.91 Å². The minimum atomic E-state index is -0.131. The van der Waals surface area contributed by atoms with Crippen molar-refractivity contribution in [2.75, 3.05) is 13.7 Å². The summed E-state index contributed by atoms with van der Waals surface area (Å²) in [5, 5.41) is 7.07. The Balaban J connectivity index is 1.96. The second-order valence-corrected chi connectivity index (χ2v) is 4.74. The largest absolute Gasteiger partial charge is 0.383 e. The van der Waals surface area contributed by atoms with Gasteiger partial charge in [-0.15, -0.1) is 0 Å². The average molecular weight is 273 g/mol. The third kappa shape index (κ3) is 3.93. The Kier molecular flexibility index (Phi) is 4.90. The van der Waals surface area contributed by atoms with Gasteiger partial charge >= 0.3 is 0 Å². The first-order valence-corrected chi connectivity index (χ1v) is 6.55. The van der Waals surface area contributed by atoms with Crippen LogP contribution >= 0.6 is 0 Å². The molecule has 1 aromatic heterocycles. The molecule has 0 spiro atoms. The minimum Gasteiger partial charge on any atom is -0.383 e. The lowest BCUT2D eigenvalue weighted by Crippen LogP contribution is -2.35. The van der Waals surface area contributed by atoms with E-state index < -0.39 is 0 Å². The van der Waals surface area contributed by atoms with Crippen molar-refractivity contribution in [3.63, 3.8) is 0 Å². The van der Waals surface area contributed by atoms with Gasteiger partial charge in [0.1, 0.15) is 0 Å². The fraction of sp³-hybridized carbons (Fsp3) is 0.333. The maximum absolute atomic E-state index is 12.0. The standard InChI is InChI=1S/C15H19N3O2/c1-12(11-20-2)17-15(19)14-8-16-18(10-14)9-13-6-4-3-5-7-13/h3-8,10,12H,9,11H2,1-2H3,(H,17,19). The van der Waals surface area contributed by atoms with Crippen LogP contribution in [-0.4, -0.2) is 35.4 Å². The van der Waals surface area contributed by atoms with Gasteiger partial charge in [-0.1, -0.05) is 30.3 Å². The fourth-order valence-corrected chi connectivity index (χ4v) is 1.94.